The van der Waals surface area contributed by atoms with Gasteiger partial charge in [-0.05, 0) is 6.42 Å². The molecule has 0 saturated carbocycles. The molecule has 0 aromatic carbocycles. The van der Waals surface area contributed by atoms with Crippen molar-refractivity contribution < 1.29 is 4.74 Å². The van der Waals surface area contributed by atoms with Crippen molar-refractivity contribution in [1.29, 1.82) is 0 Å². The summed E-state index contributed by atoms with van der Waals surface area (Å²) in [6, 6.07) is 0. The van der Waals surface area contributed by atoms with E-state index in [0.717, 1.165) is 30.8 Å². The summed E-state index contributed by atoms with van der Waals surface area (Å²) in [6.07, 6.45) is 6.23. The van der Waals surface area contributed by atoms with Gasteiger partial charge in [-0.2, -0.15) is 0 Å². The second-order valence-electron chi connectivity index (χ2n) is 4.28. The lowest BCUT2D eigenvalue weighted by atomic mass is 10.3. The summed E-state index contributed by atoms with van der Waals surface area (Å²) in [6.45, 7) is 6.04. The molecular weight excluding hydrogens is 230 g/mol. The molecule has 1 N–H and O–H groups in total. The number of H-pyrrole nitrogens is 1. The van der Waals surface area contributed by atoms with Crippen LogP contribution in [-0.2, 0) is 4.74 Å². The van der Waals surface area contributed by atoms with Crippen molar-refractivity contribution >= 4 is 17.0 Å². The van der Waals surface area contributed by atoms with Crippen LogP contribution in [0.25, 0.3) is 11.2 Å². The largest absolute Gasteiger partial charge is 0.372 e. The topological polar surface area (TPSA) is 66.9 Å². The fourth-order valence-electron chi connectivity index (χ4n) is 2.25. The first kappa shape index (κ1) is 11.2. The van der Waals surface area contributed by atoms with Gasteiger partial charge in [0.15, 0.2) is 11.5 Å². The minimum absolute atomic E-state index is 0.246. The summed E-state index contributed by atoms with van der Waals surface area (Å²) < 4.78 is 5.67. The second-order valence-corrected chi connectivity index (χ2v) is 4.28. The zero-order valence-electron chi connectivity index (χ0n) is 10.0. The highest BCUT2D eigenvalue weighted by Gasteiger charge is 2.25. The van der Waals surface area contributed by atoms with Crippen LogP contribution in [0.3, 0.4) is 0 Å². The normalized spacial score (nSPS) is 19.6. The van der Waals surface area contributed by atoms with Gasteiger partial charge in [-0.3, -0.25) is 0 Å². The fourth-order valence-corrected chi connectivity index (χ4v) is 2.25. The van der Waals surface area contributed by atoms with Gasteiger partial charge in [-0.15, -0.1) is 6.58 Å². The smallest absolute Gasteiger partial charge is 0.182 e. The highest BCUT2D eigenvalue weighted by molar-refractivity contribution is 5.82. The van der Waals surface area contributed by atoms with Crippen LogP contribution in [0.5, 0.6) is 0 Å². The maximum atomic E-state index is 5.67. The number of anilines is 1. The average Bonchev–Trinajstić information content (AvgIpc) is 3.04. The van der Waals surface area contributed by atoms with Gasteiger partial charge in [-0.1, -0.05) is 6.08 Å². The van der Waals surface area contributed by atoms with E-state index in [1.165, 1.54) is 0 Å². The van der Waals surface area contributed by atoms with Crippen molar-refractivity contribution in [2.24, 2.45) is 0 Å². The number of ether oxygens (including phenoxy) is 1. The van der Waals surface area contributed by atoms with Crippen LogP contribution in [0.4, 0.5) is 5.82 Å². The summed E-state index contributed by atoms with van der Waals surface area (Å²) in [7, 11) is 0. The Morgan fingerprint density at radius 1 is 1.50 bits per heavy atom. The second kappa shape index (κ2) is 4.73. The number of imidazole rings is 1. The molecule has 2 aromatic rings. The number of nitrogens with zero attached hydrogens (tertiary/aromatic N) is 4. The summed E-state index contributed by atoms with van der Waals surface area (Å²) in [5, 5.41) is 0. The Bertz CT molecular complexity index is 552. The molecule has 0 bridgehead atoms. The highest BCUT2D eigenvalue weighted by atomic mass is 16.5. The van der Waals surface area contributed by atoms with Crippen molar-refractivity contribution in [3.8, 4) is 0 Å². The Hall–Kier alpha value is -1.95. The lowest BCUT2D eigenvalue weighted by Gasteiger charge is -2.17. The third-order valence-corrected chi connectivity index (χ3v) is 3.10. The predicted octanol–water partition coefficient (Wildman–Crippen LogP) is 1.13. The number of rotatable bonds is 4. The van der Waals surface area contributed by atoms with E-state index in [1.54, 1.807) is 18.7 Å². The zero-order valence-corrected chi connectivity index (χ0v) is 10.0. The standard InChI is InChI=1S/C12H15N5O/c1-2-5-18-9-3-4-17(6-9)12-10-11(14-7-13-10)15-8-16-12/h2,7-9H,1,3-6H2,(H,13,14,15,16). The SMILES string of the molecule is C=CCOC1CCN(c2ncnc3nc[nH]c23)C1. The third-order valence-electron chi connectivity index (χ3n) is 3.10. The maximum Gasteiger partial charge on any atom is 0.182 e. The number of nitrogens with one attached hydrogen (secondary N) is 1. The number of aromatic nitrogens is 4. The minimum atomic E-state index is 0.246. The molecule has 1 atom stereocenters. The van der Waals surface area contributed by atoms with Gasteiger partial charge in [0, 0.05) is 13.1 Å². The molecule has 6 heteroatoms. The molecule has 94 valence electrons. The highest BCUT2D eigenvalue weighted by Crippen LogP contribution is 2.24. The number of hydrogen-bond acceptors (Lipinski definition) is 5. The first-order valence-electron chi connectivity index (χ1n) is 6.00. The van der Waals surface area contributed by atoms with Gasteiger partial charge in [-0.25, -0.2) is 15.0 Å². The molecular formula is C12H15N5O. The Kier molecular flexibility index (Phi) is 2.93. The summed E-state index contributed by atoms with van der Waals surface area (Å²) >= 11 is 0. The zero-order chi connectivity index (χ0) is 12.4. The van der Waals surface area contributed by atoms with E-state index in [0.29, 0.717) is 12.3 Å². The molecule has 1 saturated heterocycles. The van der Waals surface area contributed by atoms with Gasteiger partial charge in [0.05, 0.1) is 19.0 Å². The molecule has 1 aliphatic heterocycles. The number of aromatic amines is 1. The van der Waals surface area contributed by atoms with Crippen molar-refractivity contribution in [3.63, 3.8) is 0 Å². The molecule has 2 aromatic heterocycles. The fraction of sp³-hybridized carbons (Fsp3) is 0.417. The van der Waals surface area contributed by atoms with Crippen molar-refractivity contribution in [2.45, 2.75) is 12.5 Å². The average molecular weight is 245 g/mol. The van der Waals surface area contributed by atoms with E-state index in [-0.39, 0.29) is 6.10 Å². The van der Waals surface area contributed by atoms with E-state index in [9.17, 15) is 0 Å². The quantitative estimate of drug-likeness (QED) is 0.818. The van der Waals surface area contributed by atoms with Crippen molar-refractivity contribution in [3.05, 3.63) is 25.3 Å². The molecule has 0 aliphatic carbocycles. The van der Waals surface area contributed by atoms with E-state index in [1.807, 2.05) is 0 Å². The first-order valence-corrected chi connectivity index (χ1v) is 6.00. The van der Waals surface area contributed by atoms with Crippen LogP contribution in [0.15, 0.2) is 25.3 Å². The van der Waals surface area contributed by atoms with E-state index >= 15 is 0 Å². The van der Waals surface area contributed by atoms with E-state index < -0.39 is 0 Å². The van der Waals surface area contributed by atoms with Crippen LogP contribution in [0, 0.1) is 0 Å². The van der Waals surface area contributed by atoms with Crippen molar-refractivity contribution in [1.82, 2.24) is 19.9 Å². The van der Waals surface area contributed by atoms with Crippen LogP contribution in [-0.4, -0.2) is 45.7 Å². The lowest BCUT2D eigenvalue weighted by Crippen LogP contribution is -2.24. The monoisotopic (exact) mass is 245 g/mol. The van der Waals surface area contributed by atoms with E-state index in [2.05, 4.69) is 31.4 Å². The number of fused-ring (bicyclic) bond motifs is 1. The molecule has 3 heterocycles. The molecule has 3 rings (SSSR count). The van der Waals surface area contributed by atoms with E-state index in [4.69, 9.17) is 4.74 Å². The van der Waals surface area contributed by atoms with Gasteiger partial charge in [0.2, 0.25) is 0 Å². The molecule has 1 fully saturated rings. The van der Waals surface area contributed by atoms with Crippen LogP contribution < -0.4 is 4.90 Å². The number of hydrogen-bond donors (Lipinski definition) is 1. The van der Waals surface area contributed by atoms with Crippen LogP contribution in [0.2, 0.25) is 0 Å². The third kappa shape index (κ3) is 1.95. The Morgan fingerprint density at radius 2 is 2.44 bits per heavy atom. The molecule has 0 spiro atoms. The Balaban J connectivity index is 1.79. The summed E-state index contributed by atoms with van der Waals surface area (Å²) in [5.74, 6) is 0.905. The van der Waals surface area contributed by atoms with Gasteiger partial charge in [0.25, 0.3) is 0 Å². The molecule has 18 heavy (non-hydrogen) atoms. The summed E-state index contributed by atoms with van der Waals surface area (Å²) in [5.41, 5.74) is 1.59. The molecule has 1 unspecified atom stereocenters. The van der Waals surface area contributed by atoms with Crippen molar-refractivity contribution in [2.75, 3.05) is 24.6 Å². The Morgan fingerprint density at radius 3 is 3.33 bits per heavy atom. The minimum Gasteiger partial charge on any atom is -0.372 e. The molecule has 6 nitrogen and oxygen atoms in total. The predicted molar refractivity (Wildman–Crippen MR) is 68.5 cm³/mol. The van der Waals surface area contributed by atoms with Gasteiger partial charge in [0.1, 0.15) is 11.8 Å². The molecule has 1 aliphatic rings. The summed E-state index contributed by atoms with van der Waals surface area (Å²) in [4.78, 5) is 17.9. The first-order chi connectivity index (χ1) is 8.88. The molecule has 0 amide bonds. The van der Waals surface area contributed by atoms with Gasteiger partial charge >= 0.3 is 0 Å². The molecule has 0 radical (unpaired) electrons. The van der Waals surface area contributed by atoms with Crippen LogP contribution in [0.1, 0.15) is 6.42 Å². The van der Waals surface area contributed by atoms with Gasteiger partial charge < -0.3 is 14.6 Å². The van der Waals surface area contributed by atoms with Crippen LogP contribution >= 0.6 is 0 Å². The Labute approximate surface area is 105 Å². The maximum absolute atomic E-state index is 5.67. The lowest BCUT2D eigenvalue weighted by molar-refractivity contribution is 0.0909.